The lowest BCUT2D eigenvalue weighted by Crippen LogP contribution is -2.12. The summed E-state index contributed by atoms with van der Waals surface area (Å²) in [6.07, 6.45) is 1.79. The van der Waals surface area contributed by atoms with E-state index in [-0.39, 0.29) is 0 Å². The molecule has 1 aromatic heterocycles. The first-order valence-corrected chi connectivity index (χ1v) is 4.85. The first-order valence-electron chi connectivity index (χ1n) is 3.77. The van der Waals surface area contributed by atoms with E-state index < -0.39 is 0 Å². The van der Waals surface area contributed by atoms with E-state index in [2.05, 4.69) is 46.7 Å². The number of halogens is 1. The molecule has 0 radical (unpaired) electrons. The number of nitrogen functional groups attached to an aromatic ring is 1. The van der Waals surface area contributed by atoms with Crippen LogP contribution in [-0.2, 0) is 0 Å². The highest BCUT2D eigenvalue weighted by atomic mass is 127. The molecule has 0 fully saturated rings. The molecule has 3 nitrogen and oxygen atoms in total. The van der Waals surface area contributed by atoms with Crippen LogP contribution in [0.2, 0.25) is 0 Å². The summed E-state index contributed by atoms with van der Waals surface area (Å²) < 4.78 is 1.06. The van der Waals surface area contributed by atoms with Gasteiger partial charge in [0, 0.05) is 15.8 Å². The average Bonchev–Trinajstić information content (AvgIpc) is 1.94. The fourth-order valence-electron chi connectivity index (χ4n) is 0.849. The van der Waals surface area contributed by atoms with Gasteiger partial charge < -0.3 is 11.1 Å². The maximum Gasteiger partial charge on any atom is 0.149 e. The summed E-state index contributed by atoms with van der Waals surface area (Å²) in [6.45, 7) is 4.11. The number of hydrogen-bond acceptors (Lipinski definition) is 3. The topological polar surface area (TPSA) is 50.9 Å². The number of hydrogen-bond donors (Lipinski definition) is 2. The van der Waals surface area contributed by atoms with Crippen molar-refractivity contribution in [3.63, 3.8) is 0 Å². The standard InChI is InChI=1S/C8H12IN3/c1-5(2)12-8-7(10)3-6(9)4-11-8/h3-5H,10H2,1-2H3,(H,11,12). The van der Waals surface area contributed by atoms with Crippen LogP contribution >= 0.6 is 22.6 Å². The van der Waals surface area contributed by atoms with Crippen molar-refractivity contribution in [3.05, 3.63) is 15.8 Å². The predicted octanol–water partition coefficient (Wildman–Crippen LogP) is 2.09. The summed E-state index contributed by atoms with van der Waals surface area (Å²) in [7, 11) is 0. The van der Waals surface area contributed by atoms with Crippen molar-refractivity contribution < 1.29 is 0 Å². The summed E-state index contributed by atoms with van der Waals surface area (Å²) in [5.41, 5.74) is 6.44. The number of nitrogens with two attached hydrogens (primary N) is 1. The molecular formula is C8H12IN3. The number of nitrogens with zero attached hydrogens (tertiary/aromatic N) is 1. The van der Waals surface area contributed by atoms with E-state index in [4.69, 9.17) is 5.73 Å². The van der Waals surface area contributed by atoms with Crippen molar-refractivity contribution in [1.29, 1.82) is 0 Å². The fourth-order valence-corrected chi connectivity index (χ4v) is 1.32. The zero-order valence-electron chi connectivity index (χ0n) is 7.13. The van der Waals surface area contributed by atoms with E-state index in [0.29, 0.717) is 11.7 Å². The summed E-state index contributed by atoms with van der Waals surface area (Å²) >= 11 is 2.19. The Balaban J connectivity index is 2.86. The molecule has 1 aromatic rings. The molecule has 0 saturated heterocycles. The number of anilines is 2. The van der Waals surface area contributed by atoms with Gasteiger partial charge in [0.25, 0.3) is 0 Å². The van der Waals surface area contributed by atoms with E-state index in [9.17, 15) is 0 Å². The lowest BCUT2D eigenvalue weighted by molar-refractivity contribution is 0.890. The van der Waals surface area contributed by atoms with Crippen LogP contribution in [0, 0.1) is 3.57 Å². The van der Waals surface area contributed by atoms with E-state index >= 15 is 0 Å². The van der Waals surface area contributed by atoms with E-state index in [1.54, 1.807) is 6.20 Å². The number of pyridine rings is 1. The molecule has 0 amide bonds. The molecule has 0 unspecified atom stereocenters. The van der Waals surface area contributed by atoms with Crippen molar-refractivity contribution in [2.45, 2.75) is 19.9 Å². The molecule has 12 heavy (non-hydrogen) atoms. The van der Waals surface area contributed by atoms with Crippen molar-refractivity contribution in [2.75, 3.05) is 11.1 Å². The minimum absolute atomic E-state index is 0.361. The van der Waals surface area contributed by atoms with Gasteiger partial charge in [-0.15, -0.1) is 0 Å². The third kappa shape index (κ3) is 2.51. The second-order valence-electron chi connectivity index (χ2n) is 2.89. The Morgan fingerprint density at radius 1 is 1.58 bits per heavy atom. The Kier molecular flexibility index (Phi) is 3.13. The summed E-state index contributed by atoms with van der Waals surface area (Å²) in [5.74, 6) is 0.769. The van der Waals surface area contributed by atoms with Gasteiger partial charge in [0.15, 0.2) is 0 Å². The Morgan fingerprint density at radius 2 is 2.25 bits per heavy atom. The molecule has 3 N–H and O–H groups in total. The van der Waals surface area contributed by atoms with Gasteiger partial charge in [-0.05, 0) is 42.5 Å². The third-order valence-electron chi connectivity index (χ3n) is 1.31. The van der Waals surface area contributed by atoms with Crippen LogP contribution < -0.4 is 11.1 Å². The predicted molar refractivity (Wildman–Crippen MR) is 60.1 cm³/mol. The van der Waals surface area contributed by atoms with Gasteiger partial charge in [0.2, 0.25) is 0 Å². The highest BCUT2D eigenvalue weighted by Crippen LogP contribution is 2.17. The molecule has 0 spiro atoms. The minimum atomic E-state index is 0.361. The molecule has 0 aliphatic heterocycles. The van der Waals surface area contributed by atoms with E-state index in [1.807, 2.05) is 6.07 Å². The van der Waals surface area contributed by atoms with E-state index in [1.165, 1.54) is 0 Å². The second kappa shape index (κ2) is 3.93. The Hall–Kier alpha value is -0.520. The first-order chi connectivity index (χ1) is 5.59. The van der Waals surface area contributed by atoms with Gasteiger partial charge >= 0.3 is 0 Å². The van der Waals surface area contributed by atoms with Crippen LogP contribution in [0.3, 0.4) is 0 Å². The van der Waals surface area contributed by atoms with Crippen LogP contribution in [0.15, 0.2) is 12.3 Å². The fraction of sp³-hybridized carbons (Fsp3) is 0.375. The van der Waals surface area contributed by atoms with Gasteiger partial charge in [0.1, 0.15) is 5.82 Å². The van der Waals surface area contributed by atoms with Crippen molar-refractivity contribution in [2.24, 2.45) is 0 Å². The van der Waals surface area contributed by atoms with Crippen molar-refractivity contribution >= 4 is 34.1 Å². The summed E-state index contributed by atoms with van der Waals surface area (Å²) in [4.78, 5) is 4.17. The largest absolute Gasteiger partial charge is 0.396 e. The average molecular weight is 277 g/mol. The molecule has 0 aromatic carbocycles. The molecule has 0 saturated carbocycles. The lowest BCUT2D eigenvalue weighted by atomic mass is 10.3. The molecule has 0 aliphatic carbocycles. The first kappa shape index (κ1) is 9.57. The molecular weight excluding hydrogens is 265 g/mol. The zero-order valence-corrected chi connectivity index (χ0v) is 9.29. The third-order valence-corrected chi connectivity index (χ3v) is 1.90. The number of aromatic nitrogens is 1. The van der Waals surface area contributed by atoms with Crippen molar-refractivity contribution in [3.8, 4) is 0 Å². The van der Waals surface area contributed by atoms with Gasteiger partial charge in [-0.25, -0.2) is 4.98 Å². The van der Waals surface area contributed by atoms with E-state index in [0.717, 1.165) is 9.39 Å². The molecule has 1 rings (SSSR count). The number of rotatable bonds is 2. The summed E-state index contributed by atoms with van der Waals surface area (Å²) in [5, 5.41) is 3.16. The normalized spacial score (nSPS) is 10.3. The Morgan fingerprint density at radius 3 is 2.75 bits per heavy atom. The Bertz CT molecular complexity index is 273. The van der Waals surface area contributed by atoms with Crippen LogP contribution in [0.5, 0.6) is 0 Å². The van der Waals surface area contributed by atoms with Gasteiger partial charge in [-0.2, -0.15) is 0 Å². The smallest absolute Gasteiger partial charge is 0.149 e. The SMILES string of the molecule is CC(C)Nc1ncc(I)cc1N. The van der Waals surface area contributed by atoms with Crippen LogP contribution in [0.25, 0.3) is 0 Å². The van der Waals surface area contributed by atoms with Crippen molar-refractivity contribution in [1.82, 2.24) is 4.98 Å². The Labute approximate surface area is 85.9 Å². The van der Waals surface area contributed by atoms with Crippen LogP contribution in [0.1, 0.15) is 13.8 Å². The maximum atomic E-state index is 5.74. The van der Waals surface area contributed by atoms with Crippen LogP contribution in [-0.4, -0.2) is 11.0 Å². The van der Waals surface area contributed by atoms with Crippen LogP contribution in [0.4, 0.5) is 11.5 Å². The molecule has 0 bridgehead atoms. The second-order valence-corrected chi connectivity index (χ2v) is 4.14. The summed E-state index contributed by atoms with van der Waals surface area (Å²) in [6, 6.07) is 2.26. The molecule has 66 valence electrons. The monoisotopic (exact) mass is 277 g/mol. The molecule has 0 atom stereocenters. The molecule has 1 heterocycles. The number of nitrogens with one attached hydrogen (secondary N) is 1. The van der Waals surface area contributed by atoms with Gasteiger partial charge in [0.05, 0.1) is 5.69 Å². The quantitative estimate of drug-likeness (QED) is 0.814. The highest BCUT2D eigenvalue weighted by molar-refractivity contribution is 14.1. The maximum absolute atomic E-state index is 5.74. The minimum Gasteiger partial charge on any atom is -0.396 e. The molecule has 0 aliphatic rings. The zero-order chi connectivity index (χ0) is 9.14. The lowest BCUT2D eigenvalue weighted by Gasteiger charge is -2.10. The highest BCUT2D eigenvalue weighted by Gasteiger charge is 2.01. The van der Waals surface area contributed by atoms with Gasteiger partial charge in [-0.1, -0.05) is 0 Å². The van der Waals surface area contributed by atoms with Gasteiger partial charge in [-0.3, -0.25) is 0 Å². The molecule has 4 heteroatoms.